The largest absolute Gasteiger partial charge is 0.397 e. The van der Waals surface area contributed by atoms with E-state index in [9.17, 15) is 9.90 Å². The second kappa shape index (κ2) is 9.89. The molecule has 1 aromatic rings. The summed E-state index contributed by atoms with van der Waals surface area (Å²) in [6, 6.07) is 1.69. The summed E-state index contributed by atoms with van der Waals surface area (Å²) in [4.78, 5) is 17.3. The fourth-order valence-corrected chi connectivity index (χ4v) is 8.69. The molecule has 4 aliphatic carbocycles. The van der Waals surface area contributed by atoms with Crippen molar-refractivity contribution >= 4 is 17.2 Å². The van der Waals surface area contributed by atoms with Gasteiger partial charge in [0.1, 0.15) is 12.2 Å². The molecular weight excluding hydrogens is 440 g/mol. The molecule has 1 heterocycles. The predicted octanol–water partition coefficient (Wildman–Crippen LogP) is 5.35. The molecule has 0 saturated heterocycles. The van der Waals surface area contributed by atoms with Crippen LogP contribution in [0.4, 0.5) is 11.4 Å². The van der Waals surface area contributed by atoms with Gasteiger partial charge >= 0.3 is 0 Å². The number of ether oxygens (including phenoxy) is 1. The average Bonchev–Trinajstić information content (AvgIpc) is 3.21. The molecular formula is C28H42N4O3. The van der Waals surface area contributed by atoms with Crippen molar-refractivity contribution in [3.8, 4) is 0 Å². The van der Waals surface area contributed by atoms with Crippen LogP contribution in [0.2, 0.25) is 0 Å². The van der Waals surface area contributed by atoms with E-state index < -0.39 is 5.60 Å². The molecule has 0 radical (unpaired) electrons. The number of azo groups is 1. The van der Waals surface area contributed by atoms with Crippen LogP contribution in [0.1, 0.15) is 71.6 Å². The van der Waals surface area contributed by atoms with Gasteiger partial charge in [0.05, 0.1) is 24.1 Å². The van der Waals surface area contributed by atoms with Crippen LogP contribution < -0.4 is 5.73 Å². The van der Waals surface area contributed by atoms with Crippen LogP contribution in [0.25, 0.3) is 0 Å². The van der Waals surface area contributed by atoms with Gasteiger partial charge in [0, 0.05) is 18.7 Å². The number of nitrogens with zero attached hydrogens (tertiary/aromatic N) is 3. The molecule has 7 nitrogen and oxygen atoms in total. The first-order valence-electron chi connectivity index (χ1n) is 13.7. The molecule has 0 spiro atoms. The molecule has 8 atom stereocenters. The predicted molar refractivity (Wildman–Crippen MR) is 135 cm³/mol. The van der Waals surface area contributed by atoms with Gasteiger partial charge in [-0.2, -0.15) is 10.2 Å². The lowest BCUT2D eigenvalue weighted by Crippen LogP contribution is -2.52. The second-order valence-electron chi connectivity index (χ2n) is 12.0. The molecule has 0 aliphatic heterocycles. The zero-order chi connectivity index (χ0) is 24.6. The highest BCUT2D eigenvalue weighted by Gasteiger charge is 2.58. The van der Waals surface area contributed by atoms with E-state index in [4.69, 9.17) is 10.5 Å². The van der Waals surface area contributed by atoms with Crippen LogP contribution in [0.3, 0.4) is 0 Å². The molecule has 5 rings (SSSR count). The van der Waals surface area contributed by atoms with Gasteiger partial charge in [0.2, 0.25) is 0 Å². The van der Waals surface area contributed by atoms with Crippen molar-refractivity contribution in [3.63, 3.8) is 0 Å². The number of carbonyl (C=O) groups is 1. The molecule has 192 valence electrons. The van der Waals surface area contributed by atoms with E-state index in [1.165, 1.54) is 19.3 Å². The molecule has 3 N–H and O–H groups in total. The van der Waals surface area contributed by atoms with E-state index in [-0.39, 0.29) is 23.7 Å². The van der Waals surface area contributed by atoms with Crippen LogP contribution in [0, 0.1) is 40.9 Å². The van der Waals surface area contributed by atoms with Crippen molar-refractivity contribution in [2.75, 3.05) is 25.5 Å². The highest BCUT2D eigenvalue weighted by atomic mass is 16.5. The minimum absolute atomic E-state index is 0.0817. The van der Waals surface area contributed by atoms with Crippen molar-refractivity contribution in [1.82, 2.24) is 4.98 Å². The van der Waals surface area contributed by atoms with Crippen LogP contribution in [-0.4, -0.2) is 41.2 Å². The number of Topliss-reactive ketones (excluding diaryl/α,β-unsaturated/α-hetero) is 1. The van der Waals surface area contributed by atoms with Gasteiger partial charge in [-0.15, -0.1) is 0 Å². The monoisotopic (exact) mass is 482 g/mol. The molecule has 0 unspecified atom stereocenters. The smallest absolute Gasteiger partial charge is 0.159 e. The molecule has 4 fully saturated rings. The Balaban J connectivity index is 1.23. The summed E-state index contributed by atoms with van der Waals surface area (Å²) in [6.07, 6.45) is 13.1. The van der Waals surface area contributed by atoms with Crippen molar-refractivity contribution in [2.45, 2.75) is 77.2 Å². The number of hydrogen-bond acceptors (Lipinski definition) is 7. The number of anilines is 1. The number of fused-ring (bicyclic) bond motifs is 5. The Labute approximate surface area is 209 Å². The minimum atomic E-state index is -0.632. The highest BCUT2D eigenvalue weighted by Crippen LogP contribution is 2.64. The molecule has 0 amide bonds. The maximum absolute atomic E-state index is 13.3. The van der Waals surface area contributed by atoms with E-state index >= 15 is 0 Å². The van der Waals surface area contributed by atoms with E-state index in [0.29, 0.717) is 36.4 Å². The van der Waals surface area contributed by atoms with Crippen LogP contribution in [0.5, 0.6) is 0 Å². The van der Waals surface area contributed by atoms with Crippen LogP contribution >= 0.6 is 0 Å². The van der Waals surface area contributed by atoms with E-state index in [1.54, 1.807) is 18.5 Å². The molecule has 1 aromatic heterocycles. The van der Waals surface area contributed by atoms with Crippen molar-refractivity contribution < 1.29 is 14.6 Å². The normalized spacial score (nSPS) is 40.8. The van der Waals surface area contributed by atoms with Gasteiger partial charge in [0.15, 0.2) is 5.78 Å². The maximum atomic E-state index is 13.3. The summed E-state index contributed by atoms with van der Waals surface area (Å²) in [6.45, 7) is 5.65. The fourth-order valence-electron chi connectivity index (χ4n) is 8.69. The Morgan fingerprint density at radius 3 is 2.80 bits per heavy atom. The summed E-state index contributed by atoms with van der Waals surface area (Å²) < 4.78 is 5.62. The maximum Gasteiger partial charge on any atom is 0.159 e. The third-order valence-electron chi connectivity index (χ3n) is 10.3. The third-order valence-corrected chi connectivity index (χ3v) is 10.3. The Bertz CT molecular complexity index is 954. The summed E-state index contributed by atoms with van der Waals surface area (Å²) >= 11 is 0. The Hall–Kier alpha value is -1.86. The first-order chi connectivity index (χ1) is 16.8. The topological polar surface area (TPSA) is 110 Å². The zero-order valence-electron chi connectivity index (χ0n) is 21.4. The van der Waals surface area contributed by atoms with Gasteiger partial charge < -0.3 is 15.6 Å². The number of nitrogen functional groups attached to an aromatic ring is 1. The molecule has 35 heavy (non-hydrogen) atoms. The van der Waals surface area contributed by atoms with Crippen LogP contribution in [0.15, 0.2) is 28.7 Å². The van der Waals surface area contributed by atoms with Crippen molar-refractivity contribution in [1.29, 1.82) is 0 Å². The molecule has 4 aliphatic rings. The zero-order valence-corrected chi connectivity index (χ0v) is 21.4. The number of carbonyl (C=O) groups excluding carboxylic acids is 1. The van der Waals surface area contributed by atoms with Crippen molar-refractivity contribution in [3.05, 3.63) is 18.5 Å². The van der Waals surface area contributed by atoms with E-state index in [2.05, 4.69) is 22.1 Å². The van der Waals surface area contributed by atoms with Gasteiger partial charge in [-0.25, -0.2) is 0 Å². The molecule has 7 heteroatoms. The summed E-state index contributed by atoms with van der Waals surface area (Å²) in [5.41, 5.74) is 6.41. The highest BCUT2D eigenvalue weighted by molar-refractivity contribution is 5.84. The number of hydrogen-bond donors (Lipinski definition) is 2. The number of ketones is 1. The van der Waals surface area contributed by atoms with E-state index in [1.807, 2.05) is 6.92 Å². The second-order valence-corrected chi connectivity index (χ2v) is 12.0. The van der Waals surface area contributed by atoms with Gasteiger partial charge in [-0.3, -0.25) is 9.78 Å². The lowest BCUT2D eigenvalue weighted by atomic mass is 9.49. The third kappa shape index (κ3) is 4.66. The number of rotatable bonds is 7. The minimum Gasteiger partial charge on any atom is -0.397 e. The quantitative estimate of drug-likeness (QED) is 0.509. The first-order valence-corrected chi connectivity index (χ1v) is 13.7. The number of aliphatic hydroxyl groups is 1. The summed E-state index contributed by atoms with van der Waals surface area (Å²) in [5.74, 6) is 3.78. The fraction of sp³-hybridized carbons (Fsp3) is 0.786. The Morgan fingerprint density at radius 2 is 2.00 bits per heavy atom. The SMILES string of the molecule is CCOC[C@@]1(O)CC[C@H]2[C@@H](CC[C@@H]3[C@@H]2CC[C@]2(C)[C@@H](C(=O)CN=Nc4cnccc4N)CC[C@@H]32)C1. The lowest BCUT2D eigenvalue weighted by molar-refractivity contribution is -0.136. The summed E-state index contributed by atoms with van der Waals surface area (Å²) in [7, 11) is 0. The Morgan fingerprint density at radius 1 is 1.17 bits per heavy atom. The Kier molecular flexibility index (Phi) is 7.01. The van der Waals surface area contributed by atoms with Gasteiger partial charge in [-0.05, 0) is 106 Å². The van der Waals surface area contributed by atoms with E-state index in [0.717, 1.165) is 56.3 Å². The van der Waals surface area contributed by atoms with Crippen molar-refractivity contribution in [2.24, 2.45) is 51.2 Å². The summed E-state index contributed by atoms with van der Waals surface area (Å²) in [5, 5.41) is 19.5. The number of nitrogens with two attached hydrogens (primary N) is 1. The molecule has 0 bridgehead atoms. The van der Waals surface area contributed by atoms with Crippen LogP contribution in [-0.2, 0) is 9.53 Å². The first kappa shape index (κ1) is 24.8. The molecule has 4 saturated carbocycles. The molecule has 0 aromatic carbocycles. The lowest BCUT2D eigenvalue weighted by Gasteiger charge is -2.57. The van der Waals surface area contributed by atoms with Gasteiger partial charge in [0.25, 0.3) is 0 Å². The standard InChI is InChI=1S/C28H42N4O3/c1-3-35-17-28(34)12-9-19-18(14-28)4-5-21-20(19)8-11-27(2)22(21)6-7-23(27)26(33)16-31-32-25-15-30-13-10-24(25)29/h10,13,15,18-23,34H,3-9,11-12,14,16-17H2,1-2H3,(H2,29,30)/t18-,19-,20+,21+,22-,23+,27-,28+/m0/s1. The number of pyridine rings is 1. The average molecular weight is 483 g/mol. The van der Waals surface area contributed by atoms with Gasteiger partial charge in [-0.1, -0.05) is 6.92 Å². The number of aromatic nitrogens is 1.